The molecule has 1 nitrogen and oxygen atoms in total. The molecule has 1 aliphatic carbocycles. The monoisotopic (exact) mass is 334 g/mol. The summed E-state index contributed by atoms with van der Waals surface area (Å²) in [6.45, 7) is 4.47. The second kappa shape index (κ2) is 9.37. The summed E-state index contributed by atoms with van der Waals surface area (Å²) < 4.78 is 0. The molecule has 1 aromatic carbocycles. The fraction of sp³-hybridized carbons (Fsp3) is 0.619. The van der Waals surface area contributed by atoms with Crippen molar-refractivity contribution in [3.63, 3.8) is 0 Å². The van der Waals surface area contributed by atoms with E-state index in [-0.39, 0.29) is 5.92 Å². The first-order valence-corrected chi connectivity index (χ1v) is 9.74. The van der Waals surface area contributed by atoms with Crippen molar-refractivity contribution in [1.29, 1.82) is 0 Å². The van der Waals surface area contributed by atoms with Gasteiger partial charge in [-0.15, -0.1) is 0 Å². The van der Waals surface area contributed by atoms with Gasteiger partial charge in [-0.05, 0) is 55.7 Å². The molecule has 2 rings (SSSR count). The van der Waals surface area contributed by atoms with Gasteiger partial charge in [-0.2, -0.15) is 0 Å². The van der Waals surface area contributed by atoms with E-state index in [4.69, 9.17) is 11.6 Å². The molecule has 2 heteroatoms. The highest BCUT2D eigenvalue weighted by molar-refractivity contribution is 6.31. The van der Waals surface area contributed by atoms with Crippen LogP contribution in [0.2, 0.25) is 5.02 Å². The SMILES string of the molecule is CCCCC(CCCC)c1cc(O)c(C2C=CCCC2)c(Cl)c1. The summed E-state index contributed by atoms with van der Waals surface area (Å²) in [5, 5.41) is 11.4. The van der Waals surface area contributed by atoms with Gasteiger partial charge in [-0.1, -0.05) is 63.3 Å². The molecule has 0 radical (unpaired) electrons. The summed E-state index contributed by atoms with van der Waals surface area (Å²) in [5.41, 5.74) is 2.15. The molecule has 0 fully saturated rings. The summed E-state index contributed by atoms with van der Waals surface area (Å²) in [6.07, 6.45) is 15.1. The Kier molecular flexibility index (Phi) is 7.49. The van der Waals surface area contributed by atoms with Crippen LogP contribution in [0.15, 0.2) is 24.3 Å². The molecule has 128 valence electrons. The summed E-state index contributed by atoms with van der Waals surface area (Å²) in [4.78, 5) is 0. The van der Waals surface area contributed by atoms with Crippen molar-refractivity contribution in [3.05, 3.63) is 40.4 Å². The lowest BCUT2D eigenvalue weighted by Crippen LogP contribution is -2.04. The zero-order chi connectivity index (χ0) is 16.7. The summed E-state index contributed by atoms with van der Waals surface area (Å²) in [6, 6.07) is 4.11. The van der Waals surface area contributed by atoms with Gasteiger partial charge in [0, 0.05) is 16.5 Å². The van der Waals surface area contributed by atoms with Crippen LogP contribution in [0.3, 0.4) is 0 Å². The first-order chi connectivity index (χ1) is 11.2. The average molecular weight is 335 g/mol. The Morgan fingerprint density at radius 3 is 2.39 bits per heavy atom. The molecule has 0 aromatic heterocycles. The second-order valence-corrected chi connectivity index (χ2v) is 7.29. The highest BCUT2D eigenvalue weighted by atomic mass is 35.5. The van der Waals surface area contributed by atoms with Gasteiger partial charge in [0.1, 0.15) is 5.75 Å². The van der Waals surface area contributed by atoms with Gasteiger partial charge in [0.2, 0.25) is 0 Å². The number of hydrogen-bond acceptors (Lipinski definition) is 1. The molecule has 1 atom stereocenters. The van der Waals surface area contributed by atoms with Crippen LogP contribution >= 0.6 is 11.6 Å². The number of halogens is 1. The van der Waals surface area contributed by atoms with Gasteiger partial charge in [-0.3, -0.25) is 0 Å². The molecule has 0 bridgehead atoms. The van der Waals surface area contributed by atoms with Gasteiger partial charge >= 0.3 is 0 Å². The quantitative estimate of drug-likeness (QED) is 0.493. The third kappa shape index (κ3) is 5.01. The fourth-order valence-electron chi connectivity index (χ4n) is 3.66. The molecule has 0 heterocycles. The topological polar surface area (TPSA) is 20.2 Å². The van der Waals surface area contributed by atoms with Crippen LogP contribution in [0.5, 0.6) is 5.75 Å². The molecular weight excluding hydrogens is 304 g/mol. The molecule has 0 aliphatic heterocycles. The lowest BCUT2D eigenvalue weighted by atomic mass is 9.84. The largest absolute Gasteiger partial charge is 0.508 e. The van der Waals surface area contributed by atoms with Crippen molar-refractivity contribution >= 4 is 11.6 Å². The van der Waals surface area contributed by atoms with E-state index in [0.717, 1.165) is 23.4 Å². The van der Waals surface area contributed by atoms with E-state index < -0.39 is 0 Å². The van der Waals surface area contributed by atoms with Crippen molar-refractivity contribution in [2.24, 2.45) is 0 Å². The van der Waals surface area contributed by atoms with Crippen molar-refractivity contribution in [2.45, 2.75) is 83.5 Å². The van der Waals surface area contributed by atoms with Crippen LogP contribution in [-0.2, 0) is 0 Å². The predicted octanol–water partition coefficient (Wildman–Crippen LogP) is 7.33. The number of hydrogen-bond donors (Lipinski definition) is 1. The van der Waals surface area contributed by atoms with Gasteiger partial charge in [-0.25, -0.2) is 0 Å². The van der Waals surface area contributed by atoms with E-state index in [1.165, 1.54) is 50.5 Å². The highest BCUT2D eigenvalue weighted by Crippen LogP contribution is 2.41. The fourth-order valence-corrected chi connectivity index (χ4v) is 4.02. The standard InChI is InChI=1S/C21H31ClO/c1-3-5-10-16(11-6-4-2)18-14-19(22)21(20(23)15-18)17-12-8-7-9-13-17/h8,12,14-17,23H,3-7,9-11,13H2,1-2H3. The number of benzene rings is 1. The molecule has 1 aliphatic rings. The maximum atomic E-state index is 10.6. The Bertz CT molecular complexity index is 490. The van der Waals surface area contributed by atoms with Crippen LogP contribution in [0.25, 0.3) is 0 Å². The number of phenolic OH excluding ortho intramolecular Hbond substituents is 1. The molecule has 0 amide bonds. The third-order valence-corrected chi connectivity index (χ3v) is 5.35. The zero-order valence-corrected chi connectivity index (χ0v) is 15.4. The lowest BCUT2D eigenvalue weighted by molar-refractivity contribution is 0.457. The van der Waals surface area contributed by atoms with Gasteiger partial charge < -0.3 is 5.11 Å². The van der Waals surface area contributed by atoms with Crippen LogP contribution < -0.4 is 0 Å². The summed E-state index contributed by atoms with van der Waals surface area (Å²) in [5.74, 6) is 1.19. The molecule has 23 heavy (non-hydrogen) atoms. The van der Waals surface area contributed by atoms with E-state index in [0.29, 0.717) is 11.7 Å². The van der Waals surface area contributed by atoms with Gasteiger partial charge in [0.05, 0.1) is 0 Å². The Morgan fingerprint density at radius 2 is 1.87 bits per heavy atom. The van der Waals surface area contributed by atoms with E-state index in [2.05, 4.69) is 32.1 Å². The first kappa shape index (κ1) is 18.4. The molecular formula is C21H31ClO. The van der Waals surface area contributed by atoms with Gasteiger partial charge in [0.25, 0.3) is 0 Å². The molecule has 1 aromatic rings. The van der Waals surface area contributed by atoms with E-state index in [9.17, 15) is 5.11 Å². The molecule has 1 unspecified atom stereocenters. The maximum Gasteiger partial charge on any atom is 0.121 e. The smallest absolute Gasteiger partial charge is 0.121 e. The molecule has 0 saturated carbocycles. The Balaban J connectivity index is 2.24. The third-order valence-electron chi connectivity index (χ3n) is 5.04. The molecule has 0 saturated heterocycles. The number of allylic oxidation sites excluding steroid dienone is 2. The number of phenols is 1. The van der Waals surface area contributed by atoms with E-state index in [1.54, 1.807) is 0 Å². The molecule has 1 N–H and O–H groups in total. The van der Waals surface area contributed by atoms with Crippen molar-refractivity contribution in [3.8, 4) is 5.75 Å². The summed E-state index contributed by atoms with van der Waals surface area (Å²) >= 11 is 6.59. The highest BCUT2D eigenvalue weighted by Gasteiger charge is 2.21. The number of aromatic hydroxyl groups is 1. The lowest BCUT2D eigenvalue weighted by Gasteiger charge is -2.23. The van der Waals surface area contributed by atoms with Crippen molar-refractivity contribution in [1.82, 2.24) is 0 Å². The Hall–Kier alpha value is -0.950. The van der Waals surface area contributed by atoms with Crippen LogP contribution in [0.4, 0.5) is 0 Å². The molecule has 0 spiro atoms. The number of unbranched alkanes of at least 4 members (excludes halogenated alkanes) is 2. The Labute approximate surface area is 146 Å². The van der Waals surface area contributed by atoms with Gasteiger partial charge in [0.15, 0.2) is 0 Å². The number of rotatable bonds is 8. The normalized spacial score (nSPS) is 17.8. The first-order valence-electron chi connectivity index (χ1n) is 9.36. The summed E-state index contributed by atoms with van der Waals surface area (Å²) in [7, 11) is 0. The van der Waals surface area contributed by atoms with Crippen LogP contribution in [-0.4, -0.2) is 5.11 Å². The van der Waals surface area contributed by atoms with E-state index in [1.807, 2.05) is 6.07 Å². The minimum Gasteiger partial charge on any atom is -0.508 e. The second-order valence-electron chi connectivity index (χ2n) is 6.88. The van der Waals surface area contributed by atoms with Crippen LogP contribution in [0.1, 0.15) is 94.6 Å². The zero-order valence-electron chi connectivity index (χ0n) is 14.7. The minimum atomic E-state index is 0.273. The Morgan fingerprint density at radius 1 is 1.17 bits per heavy atom. The minimum absolute atomic E-state index is 0.273. The van der Waals surface area contributed by atoms with Crippen molar-refractivity contribution < 1.29 is 5.11 Å². The van der Waals surface area contributed by atoms with Crippen LogP contribution in [0, 0.1) is 0 Å². The van der Waals surface area contributed by atoms with Crippen molar-refractivity contribution in [2.75, 3.05) is 0 Å². The average Bonchev–Trinajstić information content (AvgIpc) is 2.55. The maximum absolute atomic E-state index is 10.6. The van der Waals surface area contributed by atoms with E-state index >= 15 is 0 Å². The predicted molar refractivity (Wildman–Crippen MR) is 101 cm³/mol.